The Morgan fingerprint density at radius 2 is 0.500 bits per heavy atom. The zero-order valence-electron chi connectivity index (χ0n) is 31.9. The molecule has 0 spiro atoms. The number of pyridine rings is 10. The minimum absolute atomic E-state index is 0.671. The second-order valence-corrected chi connectivity index (χ2v) is 13.8. The van der Waals surface area contributed by atoms with Crippen LogP contribution in [0.5, 0.6) is 0 Å². The van der Waals surface area contributed by atoms with Crippen LogP contribution in [0.3, 0.4) is 0 Å². The number of aromatic nitrogens is 10. The second-order valence-electron chi connectivity index (χ2n) is 13.8. The zero-order chi connectivity index (χ0) is 40.1. The van der Waals surface area contributed by atoms with Crippen molar-refractivity contribution >= 4 is 0 Å². The van der Waals surface area contributed by atoms with Crippen molar-refractivity contribution in [2.75, 3.05) is 0 Å². The van der Waals surface area contributed by atoms with Crippen molar-refractivity contribution in [3.05, 3.63) is 195 Å². The van der Waals surface area contributed by atoms with Crippen molar-refractivity contribution in [2.45, 2.75) is 0 Å². The van der Waals surface area contributed by atoms with Crippen molar-refractivity contribution in [2.24, 2.45) is 0 Å². The molecule has 0 aliphatic heterocycles. The van der Waals surface area contributed by atoms with E-state index in [1.54, 1.807) is 18.6 Å². The Labute approximate surface area is 345 Å². The maximum atomic E-state index is 5.18. The molecule has 0 amide bonds. The summed E-state index contributed by atoms with van der Waals surface area (Å²) in [5.41, 5.74) is 14.1. The average Bonchev–Trinajstić information content (AvgIpc) is 3.35. The molecule has 0 fully saturated rings. The van der Waals surface area contributed by atoms with Gasteiger partial charge in [-0.3, -0.25) is 29.9 Å². The Morgan fingerprint density at radius 1 is 0.200 bits per heavy atom. The molecule has 0 radical (unpaired) electrons. The van der Waals surface area contributed by atoms with Gasteiger partial charge in [0.25, 0.3) is 0 Å². The molecule has 60 heavy (non-hydrogen) atoms. The summed E-state index contributed by atoms with van der Waals surface area (Å²) in [6.45, 7) is 0. The summed E-state index contributed by atoms with van der Waals surface area (Å²) < 4.78 is 0. The molecule has 0 aliphatic carbocycles. The first-order chi connectivity index (χ1) is 29.7. The van der Waals surface area contributed by atoms with Crippen LogP contribution >= 0.6 is 0 Å². The lowest BCUT2D eigenvalue weighted by Gasteiger charge is -2.12. The summed E-state index contributed by atoms with van der Waals surface area (Å²) in [5.74, 6) is 0. The van der Waals surface area contributed by atoms with Crippen LogP contribution in [0.1, 0.15) is 0 Å². The molecule has 0 N–H and O–H groups in total. The van der Waals surface area contributed by atoms with Crippen LogP contribution in [0.15, 0.2) is 195 Å². The van der Waals surface area contributed by atoms with Gasteiger partial charge in [-0.15, -0.1) is 0 Å². The largest absolute Gasteiger partial charge is 0.255 e. The monoisotopic (exact) mass is 772 g/mol. The summed E-state index contributed by atoms with van der Waals surface area (Å²) in [6, 6.07) is 51.2. The minimum Gasteiger partial charge on any atom is -0.255 e. The van der Waals surface area contributed by atoms with E-state index in [9.17, 15) is 0 Å². The predicted molar refractivity (Wildman–Crippen MR) is 233 cm³/mol. The predicted octanol–water partition coefficient (Wildman–Crippen LogP) is 10.6. The van der Waals surface area contributed by atoms with Crippen molar-refractivity contribution < 1.29 is 0 Å². The van der Waals surface area contributed by atoms with Crippen LogP contribution in [0.2, 0.25) is 0 Å². The highest BCUT2D eigenvalue weighted by molar-refractivity contribution is 5.77. The molecule has 0 aromatic carbocycles. The lowest BCUT2D eigenvalue weighted by molar-refractivity contribution is 1.20. The van der Waals surface area contributed by atoms with Crippen LogP contribution < -0.4 is 0 Å². The van der Waals surface area contributed by atoms with Gasteiger partial charge < -0.3 is 0 Å². The lowest BCUT2D eigenvalue weighted by atomic mass is 10.0. The summed E-state index contributed by atoms with van der Waals surface area (Å²) in [6.07, 6.45) is 10.8. The van der Waals surface area contributed by atoms with Gasteiger partial charge in [0, 0.05) is 59.4 Å². The highest BCUT2D eigenvalue weighted by Crippen LogP contribution is 2.32. The molecule has 10 heteroatoms. The Bertz CT molecular complexity index is 2710. The fraction of sp³-hybridized carbons (Fsp3) is 0. The zero-order valence-corrected chi connectivity index (χ0v) is 31.9. The molecule has 0 bridgehead atoms. The van der Waals surface area contributed by atoms with E-state index < -0.39 is 0 Å². The van der Waals surface area contributed by atoms with Gasteiger partial charge in [-0.2, -0.15) is 0 Å². The summed E-state index contributed by atoms with van der Waals surface area (Å²) >= 11 is 0. The molecule has 282 valence electrons. The van der Waals surface area contributed by atoms with Gasteiger partial charge in [0.05, 0.1) is 79.7 Å². The van der Waals surface area contributed by atoms with Crippen molar-refractivity contribution in [1.82, 2.24) is 49.8 Å². The number of hydrogen-bond donors (Lipinski definition) is 0. The van der Waals surface area contributed by atoms with E-state index >= 15 is 0 Å². The van der Waals surface area contributed by atoms with E-state index in [4.69, 9.17) is 34.9 Å². The van der Waals surface area contributed by atoms with Crippen LogP contribution in [-0.4, -0.2) is 49.8 Å². The highest BCUT2D eigenvalue weighted by atomic mass is 14.8. The Kier molecular flexibility index (Phi) is 9.67. The third-order valence-electron chi connectivity index (χ3n) is 9.85. The maximum absolute atomic E-state index is 5.18. The van der Waals surface area contributed by atoms with E-state index in [1.807, 2.05) is 176 Å². The first-order valence-electron chi connectivity index (χ1n) is 19.3. The molecule has 10 aromatic heterocycles. The van der Waals surface area contributed by atoms with Crippen molar-refractivity contribution in [1.29, 1.82) is 0 Å². The molecule has 0 saturated carbocycles. The van der Waals surface area contributed by atoms with E-state index in [0.29, 0.717) is 22.8 Å². The normalized spacial score (nSPS) is 11.0. The fourth-order valence-corrected chi connectivity index (χ4v) is 6.81. The topological polar surface area (TPSA) is 129 Å². The summed E-state index contributed by atoms with van der Waals surface area (Å²) in [7, 11) is 0. The van der Waals surface area contributed by atoms with Crippen LogP contribution in [-0.2, 0) is 0 Å². The Hall–Kier alpha value is -8.50. The van der Waals surface area contributed by atoms with Gasteiger partial charge in [-0.1, -0.05) is 36.4 Å². The Balaban J connectivity index is 1.03. The van der Waals surface area contributed by atoms with Gasteiger partial charge in [0.2, 0.25) is 0 Å². The standard InChI is InChI=1S/C50H32N10/c1-4-25-51-41(10-1)44-22-19-33(30-54-44)37-13-7-16-40(57-37)36-28-49(47-17-8-14-38(58-47)34-20-23-45(55-31-34)42-11-2-5-26-52-42)60-50(29-36)48-18-9-15-39(59-48)35-21-24-46(56-32-35)43-12-3-6-27-53-43/h1-32H. The summed E-state index contributed by atoms with van der Waals surface area (Å²) in [4.78, 5) is 47.9. The molecule has 10 nitrogen and oxygen atoms in total. The van der Waals surface area contributed by atoms with E-state index in [1.165, 1.54) is 0 Å². The number of nitrogens with zero attached hydrogens (tertiary/aromatic N) is 10. The van der Waals surface area contributed by atoms with Gasteiger partial charge >= 0.3 is 0 Å². The van der Waals surface area contributed by atoms with E-state index in [2.05, 4.69) is 15.0 Å². The molecular weight excluding hydrogens is 741 g/mol. The number of rotatable bonds is 9. The molecule has 10 heterocycles. The minimum atomic E-state index is 0.671. The first kappa shape index (κ1) is 35.9. The fourth-order valence-electron chi connectivity index (χ4n) is 6.81. The SMILES string of the molecule is c1ccc(-c2ccc(-c3cccc(-c4cc(-c5cccc(-c6ccc(-c7ccccn7)nc6)n5)nc(-c5cccc(-c6ccc(-c7ccccn7)nc6)n5)c4)n3)cn2)nc1. The van der Waals surface area contributed by atoms with Crippen LogP contribution in [0.25, 0.3) is 102 Å². The third kappa shape index (κ3) is 7.63. The molecule has 0 saturated heterocycles. The van der Waals surface area contributed by atoms with E-state index in [0.717, 1.165) is 79.2 Å². The van der Waals surface area contributed by atoms with Crippen molar-refractivity contribution in [3.8, 4) is 102 Å². The quantitative estimate of drug-likeness (QED) is 0.140. The third-order valence-corrected chi connectivity index (χ3v) is 9.85. The second kappa shape index (κ2) is 16.2. The van der Waals surface area contributed by atoms with Gasteiger partial charge in [0.1, 0.15) is 0 Å². The van der Waals surface area contributed by atoms with Gasteiger partial charge in [-0.05, 0) is 121 Å². The lowest BCUT2D eigenvalue weighted by Crippen LogP contribution is -1.97. The molecule has 0 aliphatic rings. The van der Waals surface area contributed by atoms with E-state index in [-0.39, 0.29) is 0 Å². The van der Waals surface area contributed by atoms with Gasteiger partial charge in [0.15, 0.2) is 0 Å². The summed E-state index contributed by atoms with van der Waals surface area (Å²) in [5, 5.41) is 0. The maximum Gasteiger partial charge on any atom is 0.0901 e. The highest BCUT2D eigenvalue weighted by Gasteiger charge is 2.15. The van der Waals surface area contributed by atoms with Gasteiger partial charge in [-0.25, -0.2) is 19.9 Å². The molecule has 0 atom stereocenters. The van der Waals surface area contributed by atoms with Crippen LogP contribution in [0.4, 0.5) is 0 Å². The van der Waals surface area contributed by atoms with Crippen LogP contribution in [0, 0.1) is 0 Å². The number of hydrogen-bond acceptors (Lipinski definition) is 10. The average molecular weight is 773 g/mol. The first-order valence-corrected chi connectivity index (χ1v) is 19.3. The molecule has 10 rings (SSSR count). The molecule has 0 unspecified atom stereocenters. The Morgan fingerprint density at radius 3 is 0.833 bits per heavy atom. The smallest absolute Gasteiger partial charge is 0.0901 e. The molecular formula is C50H32N10. The van der Waals surface area contributed by atoms with Crippen molar-refractivity contribution in [3.63, 3.8) is 0 Å². The molecule has 10 aromatic rings.